The first-order valence-electron chi connectivity index (χ1n) is 5.77. The van der Waals surface area contributed by atoms with Gasteiger partial charge in [0.05, 0.1) is 21.1 Å². The number of nitriles is 1. The van der Waals surface area contributed by atoms with Gasteiger partial charge in [-0.05, 0) is 18.2 Å². The lowest BCUT2D eigenvalue weighted by Gasteiger charge is -2.10. The van der Waals surface area contributed by atoms with Crippen molar-refractivity contribution in [3.05, 3.63) is 67.7 Å². The van der Waals surface area contributed by atoms with Gasteiger partial charge in [0.25, 0.3) is 5.69 Å². The summed E-state index contributed by atoms with van der Waals surface area (Å²) in [4.78, 5) is 10.4. The van der Waals surface area contributed by atoms with Crippen molar-refractivity contribution in [2.24, 2.45) is 0 Å². The molecule has 0 heterocycles. The topological polar surface area (TPSA) is 76.2 Å². The number of hydrogen-bond acceptors (Lipinski definition) is 4. The van der Waals surface area contributed by atoms with E-state index in [0.717, 1.165) is 0 Å². The van der Waals surface area contributed by atoms with E-state index in [9.17, 15) is 10.1 Å². The van der Waals surface area contributed by atoms with E-state index in [1.807, 2.05) is 6.07 Å². The zero-order valence-electron chi connectivity index (χ0n) is 10.5. The van der Waals surface area contributed by atoms with Crippen molar-refractivity contribution >= 4 is 28.9 Å². The molecule has 0 bridgehead atoms. The summed E-state index contributed by atoms with van der Waals surface area (Å²) in [6.45, 7) is -0.134. The van der Waals surface area contributed by atoms with E-state index < -0.39 is 4.92 Å². The number of ether oxygens (including phenoxy) is 1. The SMILES string of the molecule is N#Cc1ccc(Cl)cc1OCc1c(Cl)cccc1[N+](=O)[O-]. The van der Waals surface area contributed by atoms with Crippen molar-refractivity contribution in [3.63, 3.8) is 0 Å². The summed E-state index contributed by atoms with van der Waals surface area (Å²) in [5.41, 5.74) is 0.394. The summed E-state index contributed by atoms with van der Waals surface area (Å²) < 4.78 is 5.47. The smallest absolute Gasteiger partial charge is 0.277 e. The number of rotatable bonds is 4. The highest BCUT2D eigenvalue weighted by atomic mass is 35.5. The lowest BCUT2D eigenvalue weighted by molar-refractivity contribution is -0.385. The highest BCUT2D eigenvalue weighted by molar-refractivity contribution is 6.31. The van der Waals surface area contributed by atoms with Crippen LogP contribution >= 0.6 is 23.2 Å². The van der Waals surface area contributed by atoms with Gasteiger partial charge in [0, 0.05) is 17.2 Å². The van der Waals surface area contributed by atoms with Crippen LogP contribution in [0.3, 0.4) is 0 Å². The maximum atomic E-state index is 11.0. The molecule has 0 atom stereocenters. The molecular weight excluding hydrogens is 315 g/mol. The fourth-order valence-electron chi connectivity index (χ4n) is 1.72. The Morgan fingerprint density at radius 3 is 2.71 bits per heavy atom. The summed E-state index contributed by atoms with van der Waals surface area (Å²) in [5, 5.41) is 20.6. The third kappa shape index (κ3) is 3.43. The van der Waals surface area contributed by atoms with Crippen LogP contribution in [0.5, 0.6) is 5.75 Å². The maximum Gasteiger partial charge on any atom is 0.277 e. The molecule has 0 saturated carbocycles. The second-order valence-corrected chi connectivity index (χ2v) is 4.88. The molecule has 5 nitrogen and oxygen atoms in total. The highest BCUT2D eigenvalue weighted by Crippen LogP contribution is 2.29. The molecule has 7 heteroatoms. The first kappa shape index (κ1) is 15.1. The zero-order valence-corrected chi connectivity index (χ0v) is 12.1. The Kier molecular flexibility index (Phi) is 4.63. The monoisotopic (exact) mass is 322 g/mol. The molecule has 0 radical (unpaired) electrons. The Bertz CT molecular complexity index is 741. The van der Waals surface area contributed by atoms with Gasteiger partial charge in [-0.2, -0.15) is 5.26 Å². The molecule has 0 aliphatic rings. The molecule has 2 aromatic carbocycles. The van der Waals surface area contributed by atoms with E-state index in [0.29, 0.717) is 5.02 Å². The van der Waals surface area contributed by atoms with Crippen molar-refractivity contribution in [2.75, 3.05) is 0 Å². The van der Waals surface area contributed by atoms with Crippen molar-refractivity contribution in [1.82, 2.24) is 0 Å². The Balaban J connectivity index is 2.31. The first-order valence-corrected chi connectivity index (χ1v) is 6.52. The van der Waals surface area contributed by atoms with Crippen molar-refractivity contribution < 1.29 is 9.66 Å². The lowest BCUT2D eigenvalue weighted by atomic mass is 10.2. The molecule has 106 valence electrons. The summed E-state index contributed by atoms with van der Waals surface area (Å²) in [6.07, 6.45) is 0. The first-order chi connectivity index (χ1) is 10.0. The summed E-state index contributed by atoms with van der Waals surface area (Å²) >= 11 is 11.8. The van der Waals surface area contributed by atoms with Gasteiger partial charge in [-0.3, -0.25) is 10.1 Å². The van der Waals surface area contributed by atoms with Gasteiger partial charge in [-0.15, -0.1) is 0 Å². The van der Waals surface area contributed by atoms with Gasteiger partial charge < -0.3 is 4.74 Å². The number of nitro groups is 1. The standard InChI is InChI=1S/C14H8Cl2N2O3/c15-10-5-4-9(7-17)14(6-10)21-8-11-12(16)2-1-3-13(11)18(19)20/h1-6H,8H2. The second-order valence-electron chi connectivity index (χ2n) is 4.04. The largest absolute Gasteiger partial charge is 0.487 e. The second kappa shape index (κ2) is 6.44. The number of nitrogens with zero attached hydrogens (tertiary/aromatic N) is 2. The van der Waals surface area contributed by atoms with E-state index >= 15 is 0 Å². The van der Waals surface area contributed by atoms with E-state index in [4.69, 9.17) is 33.2 Å². The minimum atomic E-state index is -0.534. The molecule has 0 saturated heterocycles. The van der Waals surface area contributed by atoms with Gasteiger partial charge in [-0.1, -0.05) is 29.3 Å². The molecule has 0 spiro atoms. The van der Waals surface area contributed by atoms with Crippen LogP contribution in [-0.4, -0.2) is 4.92 Å². The van der Waals surface area contributed by atoms with Crippen molar-refractivity contribution in [1.29, 1.82) is 5.26 Å². The molecule has 0 aromatic heterocycles. The van der Waals surface area contributed by atoms with Crippen molar-refractivity contribution in [2.45, 2.75) is 6.61 Å². The van der Waals surface area contributed by atoms with E-state index in [-0.39, 0.29) is 34.2 Å². The molecule has 0 aliphatic heterocycles. The highest BCUT2D eigenvalue weighted by Gasteiger charge is 2.17. The Morgan fingerprint density at radius 1 is 1.29 bits per heavy atom. The van der Waals surface area contributed by atoms with Crippen LogP contribution in [-0.2, 0) is 6.61 Å². The predicted octanol–water partition coefficient (Wildman–Crippen LogP) is 4.35. The molecular formula is C14H8Cl2N2O3. The van der Waals surface area contributed by atoms with Gasteiger partial charge in [-0.25, -0.2) is 0 Å². The van der Waals surface area contributed by atoms with E-state index in [2.05, 4.69) is 0 Å². The number of hydrogen-bond donors (Lipinski definition) is 0. The minimum absolute atomic E-state index is 0.134. The van der Waals surface area contributed by atoms with Crippen LogP contribution < -0.4 is 4.74 Å². The molecule has 0 aliphatic carbocycles. The summed E-state index contributed by atoms with van der Waals surface area (Å²) in [5.74, 6) is 0.249. The van der Waals surface area contributed by atoms with E-state index in [1.165, 1.54) is 30.3 Å². The van der Waals surface area contributed by atoms with Crippen LogP contribution in [0.15, 0.2) is 36.4 Å². The van der Waals surface area contributed by atoms with Crippen LogP contribution in [0.2, 0.25) is 10.0 Å². The van der Waals surface area contributed by atoms with Gasteiger partial charge in [0.15, 0.2) is 0 Å². The van der Waals surface area contributed by atoms with Crippen LogP contribution in [0.4, 0.5) is 5.69 Å². The van der Waals surface area contributed by atoms with Crippen LogP contribution in [0.25, 0.3) is 0 Å². The summed E-state index contributed by atoms with van der Waals surface area (Å²) in [7, 11) is 0. The van der Waals surface area contributed by atoms with Crippen LogP contribution in [0, 0.1) is 21.4 Å². The molecule has 0 unspecified atom stereocenters. The van der Waals surface area contributed by atoms with Crippen molar-refractivity contribution in [3.8, 4) is 11.8 Å². The van der Waals surface area contributed by atoms with Gasteiger partial charge >= 0.3 is 0 Å². The average molecular weight is 323 g/mol. The number of nitro benzene ring substituents is 1. The lowest BCUT2D eigenvalue weighted by Crippen LogP contribution is -2.02. The fourth-order valence-corrected chi connectivity index (χ4v) is 2.11. The quantitative estimate of drug-likeness (QED) is 0.619. The Labute approximate surface area is 130 Å². The molecule has 0 fully saturated rings. The number of halogens is 2. The van der Waals surface area contributed by atoms with Crippen LogP contribution in [0.1, 0.15) is 11.1 Å². The molecule has 21 heavy (non-hydrogen) atoms. The Hall–Kier alpha value is -2.29. The zero-order chi connectivity index (χ0) is 15.4. The Morgan fingerprint density at radius 2 is 2.05 bits per heavy atom. The third-order valence-electron chi connectivity index (χ3n) is 2.73. The minimum Gasteiger partial charge on any atom is -0.487 e. The predicted molar refractivity (Wildman–Crippen MR) is 78.6 cm³/mol. The average Bonchev–Trinajstić information content (AvgIpc) is 2.45. The molecule has 2 aromatic rings. The number of benzene rings is 2. The van der Waals surface area contributed by atoms with Gasteiger partial charge in [0.2, 0.25) is 0 Å². The fraction of sp³-hybridized carbons (Fsp3) is 0.0714. The molecule has 0 amide bonds. The van der Waals surface area contributed by atoms with Gasteiger partial charge in [0.1, 0.15) is 18.4 Å². The maximum absolute atomic E-state index is 11.0. The third-order valence-corrected chi connectivity index (χ3v) is 3.32. The molecule has 0 N–H and O–H groups in total. The van der Waals surface area contributed by atoms with E-state index in [1.54, 1.807) is 6.07 Å². The normalized spacial score (nSPS) is 9.95. The summed E-state index contributed by atoms with van der Waals surface area (Å²) in [6, 6.07) is 10.9. The molecule has 2 rings (SSSR count).